The van der Waals surface area contributed by atoms with Gasteiger partial charge in [0.15, 0.2) is 0 Å². The lowest BCUT2D eigenvalue weighted by Crippen LogP contribution is -2.11. The fourth-order valence-electron chi connectivity index (χ4n) is 2.42. The second kappa shape index (κ2) is 4.78. The van der Waals surface area contributed by atoms with Crippen LogP contribution in [0, 0.1) is 0 Å². The molecule has 1 aromatic heterocycles. The van der Waals surface area contributed by atoms with Gasteiger partial charge >= 0.3 is 0 Å². The van der Waals surface area contributed by atoms with Crippen molar-refractivity contribution in [2.75, 3.05) is 12.4 Å². The predicted molar refractivity (Wildman–Crippen MR) is 80.3 cm³/mol. The molecule has 3 rings (SSSR count). The standard InChI is InChI=1S/C16H17N3/c1-18-12-6-4-5-11(9-12)16(17)14-10-19-15-8-3-2-7-13(14)15/h2-10,16,18-19H,17H2,1H3. The summed E-state index contributed by atoms with van der Waals surface area (Å²) in [5.74, 6) is 0. The molecule has 0 aliphatic rings. The summed E-state index contributed by atoms with van der Waals surface area (Å²) in [6.45, 7) is 0. The molecule has 3 nitrogen and oxygen atoms in total. The van der Waals surface area contributed by atoms with Gasteiger partial charge in [0.2, 0.25) is 0 Å². The molecule has 3 heteroatoms. The summed E-state index contributed by atoms with van der Waals surface area (Å²) >= 11 is 0. The number of nitrogens with one attached hydrogen (secondary N) is 2. The molecule has 0 saturated heterocycles. The number of para-hydroxylation sites is 1. The largest absolute Gasteiger partial charge is 0.388 e. The fourth-order valence-corrected chi connectivity index (χ4v) is 2.42. The highest BCUT2D eigenvalue weighted by Gasteiger charge is 2.13. The molecular weight excluding hydrogens is 234 g/mol. The molecule has 0 aliphatic heterocycles. The normalized spacial score (nSPS) is 12.5. The number of benzene rings is 2. The monoisotopic (exact) mass is 251 g/mol. The molecule has 3 aromatic rings. The number of fused-ring (bicyclic) bond motifs is 1. The van der Waals surface area contributed by atoms with Crippen LogP contribution in [0.5, 0.6) is 0 Å². The van der Waals surface area contributed by atoms with Crippen LogP contribution in [0.2, 0.25) is 0 Å². The lowest BCUT2D eigenvalue weighted by Gasteiger charge is -2.13. The lowest BCUT2D eigenvalue weighted by atomic mass is 9.99. The van der Waals surface area contributed by atoms with E-state index in [2.05, 4.69) is 34.6 Å². The molecule has 96 valence electrons. The number of hydrogen-bond donors (Lipinski definition) is 3. The number of aromatic nitrogens is 1. The van der Waals surface area contributed by atoms with Gasteiger partial charge in [0.05, 0.1) is 6.04 Å². The van der Waals surface area contributed by atoms with Gasteiger partial charge in [0.25, 0.3) is 0 Å². The van der Waals surface area contributed by atoms with Gasteiger partial charge < -0.3 is 16.0 Å². The van der Waals surface area contributed by atoms with Gasteiger partial charge in [-0.3, -0.25) is 0 Å². The van der Waals surface area contributed by atoms with E-state index in [1.54, 1.807) is 0 Å². The maximum atomic E-state index is 6.40. The number of anilines is 1. The van der Waals surface area contributed by atoms with Crippen molar-refractivity contribution in [2.45, 2.75) is 6.04 Å². The first-order valence-electron chi connectivity index (χ1n) is 6.39. The third-order valence-corrected chi connectivity index (χ3v) is 3.49. The minimum atomic E-state index is -0.121. The summed E-state index contributed by atoms with van der Waals surface area (Å²) in [6, 6.07) is 16.3. The molecule has 19 heavy (non-hydrogen) atoms. The zero-order valence-corrected chi connectivity index (χ0v) is 10.9. The molecule has 0 bridgehead atoms. The van der Waals surface area contributed by atoms with Crippen LogP contribution in [0.3, 0.4) is 0 Å². The molecule has 1 heterocycles. The number of H-pyrrole nitrogens is 1. The average molecular weight is 251 g/mol. The first-order valence-corrected chi connectivity index (χ1v) is 6.39. The van der Waals surface area contributed by atoms with Crippen LogP contribution >= 0.6 is 0 Å². The number of aromatic amines is 1. The summed E-state index contributed by atoms with van der Waals surface area (Å²) < 4.78 is 0. The van der Waals surface area contributed by atoms with Crippen LogP contribution in [0.1, 0.15) is 17.2 Å². The van der Waals surface area contributed by atoms with Crippen molar-refractivity contribution >= 4 is 16.6 Å². The van der Waals surface area contributed by atoms with Gasteiger partial charge in [-0.05, 0) is 29.3 Å². The molecular formula is C16H17N3. The molecule has 0 fully saturated rings. The van der Waals surface area contributed by atoms with Gasteiger partial charge in [-0.2, -0.15) is 0 Å². The van der Waals surface area contributed by atoms with E-state index in [9.17, 15) is 0 Å². The molecule has 2 aromatic carbocycles. The highest BCUT2D eigenvalue weighted by Crippen LogP contribution is 2.28. The first-order chi connectivity index (χ1) is 9.29. The maximum Gasteiger partial charge on any atom is 0.0573 e. The number of nitrogens with two attached hydrogens (primary N) is 1. The molecule has 0 amide bonds. The molecule has 0 spiro atoms. The summed E-state index contributed by atoms with van der Waals surface area (Å²) in [5, 5.41) is 4.33. The third-order valence-electron chi connectivity index (χ3n) is 3.49. The van der Waals surface area contributed by atoms with Crippen molar-refractivity contribution in [3.05, 3.63) is 65.9 Å². The third kappa shape index (κ3) is 2.09. The van der Waals surface area contributed by atoms with Crippen LogP contribution in [-0.4, -0.2) is 12.0 Å². The Labute approximate surface area is 112 Å². The van der Waals surface area contributed by atoms with E-state index >= 15 is 0 Å². The topological polar surface area (TPSA) is 53.8 Å². The lowest BCUT2D eigenvalue weighted by molar-refractivity contribution is 0.880. The molecule has 4 N–H and O–H groups in total. The quantitative estimate of drug-likeness (QED) is 0.669. The van der Waals surface area contributed by atoms with Crippen molar-refractivity contribution in [3.63, 3.8) is 0 Å². The fraction of sp³-hybridized carbons (Fsp3) is 0.125. The Balaban J connectivity index is 2.05. The van der Waals surface area contributed by atoms with E-state index in [4.69, 9.17) is 5.73 Å². The summed E-state index contributed by atoms with van der Waals surface area (Å²) in [6.07, 6.45) is 2.00. The highest BCUT2D eigenvalue weighted by atomic mass is 14.8. The predicted octanol–water partition coefficient (Wildman–Crippen LogP) is 3.26. The van der Waals surface area contributed by atoms with Crippen molar-refractivity contribution in [1.29, 1.82) is 0 Å². The molecule has 1 atom stereocenters. The summed E-state index contributed by atoms with van der Waals surface area (Å²) in [5.41, 5.74) is 10.8. The minimum Gasteiger partial charge on any atom is -0.388 e. The van der Waals surface area contributed by atoms with Gasteiger partial charge in [0.1, 0.15) is 0 Å². The van der Waals surface area contributed by atoms with Crippen molar-refractivity contribution < 1.29 is 0 Å². The van der Waals surface area contributed by atoms with Crippen LogP contribution in [0.15, 0.2) is 54.7 Å². The van der Waals surface area contributed by atoms with Gasteiger partial charge in [0, 0.05) is 29.8 Å². The van der Waals surface area contributed by atoms with Gasteiger partial charge in [-0.1, -0.05) is 30.3 Å². The van der Waals surface area contributed by atoms with Gasteiger partial charge in [-0.15, -0.1) is 0 Å². The number of hydrogen-bond acceptors (Lipinski definition) is 2. The Hall–Kier alpha value is -2.26. The zero-order valence-electron chi connectivity index (χ0n) is 10.9. The minimum absolute atomic E-state index is 0.121. The summed E-state index contributed by atoms with van der Waals surface area (Å²) in [4.78, 5) is 3.27. The Bertz CT molecular complexity index is 700. The van der Waals surface area contributed by atoms with Crippen molar-refractivity contribution in [2.24, 2.45) is 5.73 Å². The Morgan fingerprint density at radius 3 is 2.79 bits per heavy atom. The zero-order chi connectivity index (χ0) is 13.2. The van der Waals surface area contributed by atoms with E-state index < -0.39 is 0 Å². The SMILES string of the molecule is CNc1cccc(C(N)c2c[nH]c3ccccc23)c1. The molecule has 1 unspecified atom stereocenters. The van der Waals surface area contributed by atoms with Gasteiger partial charge in [-0.25, -0.2) is 0 Å². The van der Waals surface area contributed by atoms with Crippen molar-refractivity contribution in [3.8, 4) is 0 Å². The smallest absolute Gasteiger partial charge is 0.0573 e. The molecule has 0 radical (unpaired) electrons. The van der Waals surface area contributed by atoms with E-state index in [1.165, 1.54) is 5.39 Å². The van der Waals surface area contributed by atoms with E-state index in [0.717, 1.165) is 22.3 Å². The molecule has 0 aliphatic carbocycles. The van der Waals surface area contributed by atoms with E-state index in [-0.39, 0.29) is 6.04 Å². The molecule has 0 saturated carbocycles. The Morgan fingerprint density at radius 1 is 1.11 bits per heavy atom. The maximum absolute atomic E-state index is 6.40. The Kier molecular flexibility index (Phi) is 2.97. The summed E-state index contributed by atoms with van der Waals surface area (Å²) in [7, 11) is 1.91. The van der Waals surface area contributed by atoms with Crippen molar-refractivity contribution in [1.82, 2.24) is 4.98 Å². The van der Waals surface area contributed by atoms with Crippen LogP contribution in [0.25, 0.3) is 10.9 Å². The first kappa shape index (κ1) is 11.8. The van der Waals surface area contributed by atoms with E-state index in [0.29, 0.717) is 0 Å². The van der Waals surface area contributed by atoms with Crippen LogP contribution in [-0.2, 0) is 0 Å². The van der Waals surface area contributed by atoms with Crippen LogP contribution in [0.4, 0.5) is 5.69 Å². The second-order valence-electron chi connectivity index (χ2n) is 4.64. The number of rotatable bonds is 3. The average Bonchev–Trinajstić information content (AvgIpc) is 2.90. The second-order valence-corrected chi connectivity index (χ2v) is 4.64. The van der Waals surface area contributed by atoms with Crippen LogP contribution < -0.4 is 11.1 Å². The Morgan fingerprint density at radius 2 is 1.95 bits per heavy atom. The highest BCUT2D eigenvalue weighted by molar-refractivity contribution is 5.84. The van der Waals surface area contributed by atoms with E-state index in [1.807, 2.05) is 37.5 Å².